The van der Waals surface area contributed by atoms with Gasteiger partial charge in [-0.25, -0.2) is 0 Å². The smallest absolute Gasteiger partial charge is 0.405 e. The van der Waals surface area contributed by atoms with Gasteiger partial charge in [0.1, 0.15) is 11.5 Å². The van der Waals surface area contributed by atoms with E-state index in [2.05, 4.69) is 9.47 Å². The van der Waals surface area contributed by atoms with E-state index in [4.69, 9.17) is 11.6 Å². The molecule has 1 rings (SSSR count). The lowest BCUT2D eigenvalue weighted by Gasteiger charge is -2.52. The van der Waals surface area contributed by atoms with Gasteiger partial charge in [-0.3, -0.25) is 0 Å². The Bertz CT molecular complexity index is 611. The fraction of sp³-hybridized carbons (Fsp3) is 0.588. The van der Waals surface area contributed by atoms with E-state index in [1.54, 1.807) is 0 Å². The average Bonchev–Trinajstić information content (AvgIpc) is 2.31. The molecule has 2 nitrogen and oxygen atoms in total. The topological polar surface area (TPSA) is 18.5 Å². The van der Waals surface area contributed by atoms with Crippen LogP contribution in [-0.4, -0.2) is 23.0 Å². The molecule has 0 radical (unpaired) electrons. The second-order valence-corrected chi connectivity index (χ2v) is 13.3. The molecule has 0 amide bonds. The van der Waals surface area contributed by atoms with Crippen molar-refractivity contribution in [3.05, 3.63) is 23.8 Å². The van der Waals surface area contributed by atoms with Gasteiger partial charge in [-0.15, -0.1) is 26.3 Å². The van der Waals surface area contributed by atoms with Crippen LogP contribution in [0.5, 0.6) is 11.5 Å². The van der Waals surface area contributed by atoms with Crippen molar-refractivity contribution in [3.8, 4) is 11.5 Å². The molecule has 1 aromatic carbocycles. The Morgan fingerprint density at radius 2 is 1.07 bits per heavy atom. The molecule has 0 unspecified atom stereocenters. The minimum Gasteiger partial charge on any atom is -0.405 e. The van der Waals surface area contributed by atoms with Crippen molar-refractivity contribution in [3.63, 3.8) is 0 Å². The number of hydrogen-bond acceptors (Lipinski definition) is 2. The number of benzene rings is 1. The molecule has 0 aliphatic rings. The van der Waals surface area contributed by atoms with Crippen LogP contribution in [0.3, 0.4) is 0 Å². The largest absolute Gasteiger partial charge is 0.573 e. The van der Waals surface area contributed by atoms with E-state index in [1.165, 1.54) is 5.62 Å². The molecule has 0 aromatic heterocycles. The standard InChI is InChI=1S/C17H22ClF6O2P/c1-14(2,3)27(10-18,15(4,5)6)13-8-11(25-16(19,20)21)7-12(9-13)26-17(22,23)24/h7-10H,1-6H3. The first-order valence-electron chi connectivity index (χ1n) is 7.83. The quantitative estimate of drug-likeness (QED) is 0.284. The van der Waals surface area contributed by atoms with Gasteiger partial charge in [0.15, 0.2) is 0 Å². The Morgan fingerprint density at radius 1 is 0.741 bits per heavy atom. The summed E-state index contributed by atoms with van der Waals surface area (Å²) in [4.78, 5) is 0. The molecule has 0 bridgehead atoms. The first-order valence-corrected chi connectivity index (χ1v) is 10.1. The number of alkyl halides is 6. The predicted molar refractivity (Wildman–Crippen MR) is 96.0 cm³/mol. The summed E-state index contributed by atoms with van der Waals surface area (Å²) in [6.45, 7) is 11.0. The predicted octanol–water partition coefficient (Wildman–Crippen LogP) is 7.08. The van der Waals surface area contributed by atoms with Gasteiger partial charge in [0.25, 0.3) is 0 Å². The molecule has 0 spiro atoms. The molecule has 0 saturated carbocycles. The van der Waals surface area contributed by atoms with Crippen molar-refractivity contribution in [2.75, 3.05) is 0 Å². The minimum absolute atomic E-state index is 0.221. The molecule has 1 aromatic rings. The van der Waals surface area contributed by atoms with E-state index in [0.717, 1.165) is 12.1 Å². The first-order chi connectivity index (χ1) is 11.8. The summed E-state index contributed by atoms with van der Waals surface area (Å²) in [6, 6.07) is 2.72. The normalized spacial score (nSPS) is 14.3. The zero-order valence-electron chi connectivity index (χ0n) is 15.7. The highest BCUT2D eigenvalue weighted by atomic mass is 35.5. The van der Waals surface area contributed by atoms with Crippen molar-refractivity contribution in [2.24, 2.45) is 0 Å². The number of rotatable bonds is 4. The van der Waals surface area contributed by atoms with Gasteiger partial charge in [0, 0.05) is 18.2 Å². The van der Waals surface area contributed by atoms with Crippen LogP contribution in [-0.2, 0) is 0 Å². The van der Waals surface area contributed by atoms with Crippen molar-refractivity contribution in [1.82, 2.24) is 0 Å². The lowest BCUT2D eigenvalue weighted by atomic mass is 10.2. The van der Waals surface area contributed by atoms with Crippen molar-refractivity contribution in [2.45, 2.75) is 64.6 Å². The average molecular weight is 439 g/mol. The van der Waals surface area contributed by atoms with E-state index in [9.17, 15) is 26.3 Å². The minimum atomic E-state index is -5.07. The van der Waals surface area contributed by atoms with Crippen LogP contribution in [0.25, 0.3) is 0 Å². The summed E-state index contributed by atoms with van der Waals surface area (Å²) >= 11 is 6.20. The Hall–Kier alpha value is -0.880. The third kappa shape index (κ3) is 5.80. The van der Waals surface area contributed by atoms with Crippen LogP contribution in [0.1, 0.15) is 41.5 Å². The fourth-order valence-corrected chi connectivity index (χ4v) is 10.3. The number of ether oxygens (including phenoxy) is 2. The lowest BCUT2D eigenvalue weighted by Crippen LogP contribution is -2.40. The van der Waals surface area contributed by atoms with Crippen molar-refractivity contribution < 1.29 is 35.8 Å². The second kappa shape index (κ2) is 7.51. The van der Waals surface area contributed by atoms with E-state index in [0.29, 0.717) is 6.07 Å². The summed E-state index contributed by atoms with van der Waals surface area (Å²) in [5.41, 5.74) is 1.39. The van der Waals surface area contributed by atoms with E-state index >= 15 is 0 Å². The van der Waals surface area contributed by atoms with Crippen LogP contribution in [0, 0.1) is 5.62 Å². The zero-order valence-corrected chi connectivity index (χ0v) is 17.4. The highest BCUT2D eigenvalue weighted by Gasteiger charge is 2.53. The van der Waals surface area contributed by atoms with Gasteiger partial charge in [-0.1, -0.05) is 12.9 Å². The number of halogens is 7. The van der Waals surface area contributed by atoms with Gasteiger partial charge in [-0.2, -0.15) is 0 Å². The molecular weight excluding hydrogens is 417 g/mol. The van der Waals surface area contributed by atoms with Crippen LogP contribution in [0.15, 0.2) is 18.2 Å². The molecule has 0 aliphatic heterocycles. The van der Waals surface area contributed by atoms with Gasteiger partial charge < -0.3 is 21.1 Å². The van der Waals surface area contributed by atoms with E-state index in [-0.39, 0.29) is 5.30 Å². The number of hydrogen-bond donors (Lipinski definition) is 0. The van der Waals surface area contributed by atoms with Crippen LogP contribution in [0.2, 0.25) is 0 Å². The van der Waals surface area contributed by atoms with E-state index < -0.39 is 41.8 Å². The summed E-state index contributed by atoms with van der Waals surface area (Å²) in [7, 11) is -2.64. The second-order valence-electron chi connectivity index (χ2n) is 7.92. The van der Waals surface area contributed by atoms with Gasteiger partial charge in [0.2, 0.25) is 0 Å². The summed E-state index contributed by atoms with van der Waals surface area (Å²) in [6.07, 6.45) is -10.1. The molecule has 156 valence electrons. The molecule has 10 heteroatoms. The third-order valence-corrected chi connectivity index (χ3v) is 10.5. The van der Waals surface area contributed by atoms with Crippen molar-refractivity contribution >= 4 is 24.2 Å². The highest BCUT2D eigenvalue weighted by molar-refractivity contribution is 7.88. The maximum Gasteiger partial charge on any atom is 0.573 e. The lowest BCUT2D eigenvalue weighted by molar-refractivity contribution is -0.276. The molecule has 0 heterocycles. The van der Waals surface area contributed by atoms with Crippen molar-refractivity contribution in [1.29, 1.82) is 0 Å². The van der Waals surface area contributed by atoms with Gasteiger partial charge >= 0.3 is 12.7 Å². The molecule has 0 aliphatic carbocycles. The summed E-state index contributed by atoms with van der Waals surface area (Å²) in [5, 5.41) is -0.892. The highest BCUT2D eigenvalue weighted by Crippen LogP contribution is 2.78. The Labute approximate surface area is 160 Å². The molecule has 0 saturated heterocycles. The van der Waals surface area contributed by atoms with Crippen LogP contribution >= 0.6 is 18.9 Å². The SMILES string of the molecule is CC(C)(C)[P+]([CH-]Cl)(c1cc(OC(F)(F)F)cc(OC(F)(F)F)c1)C(C)(C)C. The maximum atomic E-state index is 12.7. The van der Waals surface area contributed by atoms with Gasteiger partial charge in [-0.05, 0) is 41.5 Å². The Balaban J connectivity index is 3.76. The summed E-state index contributed by atoms with van der Waals surface area (Å²) in [5.74, 6) is -1.59. The van der Waals surface area contributed by atoms with Crippen LogP contribution in [0.4, 0.5) is 26.3 Å². The third-order valence-electron chi connectivity index (χ3n) is 4.00. The molecule has 0 fully saturated rings. The molecule has 27 heavy (non-hydrogen) atoms. The maximum absolute atomic E-state index is 12.7. The molecular formula is C17H22ClF6O2P. The zero-order chi connectivity index (χ0) is 21.5. The monoisotopic (exact) mass is 438 g/mol. The Morgan fingerprint density at radius 3 is 1.30 bits per heavy atom. The van der Waals surface area contributed by atoms with Gasteiger partial charge in [0.05, 0.1) is 15.6 Å². The molecule has 0 atom stereocenters. The van der Waals surface area contributed by atoms with Crippen LogP contribution < -0.4 is 14.8 Å². The van der Waals surface area contributed by atoms with E-state index in [1.807, 2.05) is 41.5 Å². The fourth-order valence-electron chi connectivity index (χ4n) is 3.28. The molecule has 0 N–H and O–H groups in total. The summed E-state index contributed by atoms with van der Waals surface area (Å²) < 4.78 is 83.8. The first kappa shape index (κ1) is 24.2. The Kier molecular flexibility index (Phi) is 6.72.